The van der Waals surface area contributed by atoms with Crippen LogP contribution in [0.1, 0.15) is 38.2 Å². The van der Waals surface area contributed by atoms with E-state index < -0.39 is 59.9 Å². The van der Waals surface area contributed by atoms with Crippen molar-refractivity contribution in [2.45, 2.75) is 69.3 Å². The van der Waals surface area contributed by atoms with Gasteiger partial charge >= 0.3 is 5.97 Å². The number of primary amides is 1. The van der Waals surface area contributed by atoms with Crippen LogP contribution in [-0.2, 0) is 30.4 Å². The van der Waals surface area contributed by atoms with E-state index in [0.29, 0.717) is 5.56 Å². The monoisotopic (exact) mass is 566 g/mol. The number of nitrogens with two attached hydrogens (primary N) is 4. The van der Waals surface area contributed by atoms with Gasteiger partial charge in [0.2, 0.25) is 23.6 Å². The van der Waals surface area contributed by atoms with E-state index in [1.165, 1.54) is 31.2 Å². The minimum Gasteiger partial charge on any atom is -0.508 e. The van der Waals surface area contributed by atoms with E-state index in [2.05, 4.69) is 20.9 Å². The van der Waals surface area contributed by atoms with Crippen LogP contribution in [0, 0.1) is 0 Å². The second-order valence-electron chi connectivity index (χ2n) is 9.11. The van der Waals surface area contributed by atoms with Gasteiger partial charge in [-0.25, -0.2) is 4.79 Å². The SMILES string of the molecule is CC(O)C(N)C(=O)NC(CCCN=C(N)N)C(=O)NC(CCC(N)=O)C(=O)NC(Cc1ccc(O)cc1)C(=O)O. The lowest BCUT2D eigenvalue weighted by atomic mass is 10.0. The number of amides is 4. The first-order chi connectivity index (χ1) is 18.7. The second kappa shape index (κ2) is 16.5. The van der Waals surface area contributed by atoms with Crippen molar-refractivity contribution in [2.75, 3.05) is 6.54 Å². The number of benzene rings is 1. The highest BCUT2D eigenvalue weighted by atomic mass is 16.4. The lowest BCUT2D eigenvalue weighted by Gasteiger charge is -2.25. The Labute approximate surface area is 230 Å². The quantitative estimate of drug-likeness (QED) is 0.0501. The number of carbonyl (C=O) groups is 5. The summed E-state index contributed by atoms with van der Waals surface area (Å²) < 4.78 is 0. The van der Waals surface area contributed by atoms with Crippen molar-refractivity contribution in [3.05, 3.63) is 29.8 Å². The van der Waals surface area contributed by atoms with Crippen LogP contribution in [0.5, 0.6) is 5.75 Å². The average molecular weight is 567 g/mol. The molecule has 0 aliphatic carbocycles. The summed E-state index contributed by atoms with van der Waals surface area (Å²) >= 11 is 0. The first kappa shape index (κ1) is 33.6. The molecule has 1 aromatic carbocycles. The van der Waals surface area contributed by atoms with Crippen molar-refractivity contribution in [3.8, 4) is 5.75 Å². The molecule has 0 saturated heterocycles. The number of aliphatic hydroxyl groups is 1. The Morgan fingerprint density at radius 2 is 1.40 bits per heavy atom. The zero-order chi connectivity index (χ0) is 30.4. The van der Waals surface area contributed by atoms with Crippen molar-refractivity contribution in [1.29, 1.82) is 0 Å². The van der Waals surface area contributed by atoms with E-state index in [-0.39, 0.29) is 50.4 Å². The fourth-order valence-corrected chi connectivity index (χ4v) is 3.43. The number of hydrogen-bond donors (Lipinski definition) is 10. The smallest absolute Gasteiger partial charge is 0.326 e. The first-order valence-electron chi connectivity index (χ1n) is 12.4. The molecule has 5 atom stereocenters. The molecule has 1 rings (SSSR count). The fourth-order valence-electron chi connectivity index (χ4n) is 3.43. The molecule has 5 unspecified atom stereocenters. The Morgan fingerprint density at radius 3 is 1.90 bits per heavy atom. The van der Waals surface area contributed by atoms with Gasteiger partial charge in [0.15, 0.2) is 5.96 Å². The maximum Gasteiger partial charge on any atom is 0.326 e. The molecule has 0 aliphatic heterocycles. The molecule has 0 radical (unpaired) electrons. The van der Waals surface area contributed by atoms with E-state index in [0.717, 1.165) is 0 Å². The van der Waals surface area contributed by atoms with Gasteiger partial charge in [-0.15, -0.1) is 0 Å². The van der Waals surface area contributed by atoms with Crippen LogP contribution in [0.4, 0.5) is 0 Å². The summed E-state index contributed by atoms with van der Waals surface area (Å²) in [4.78, 5) is 65.7. The molecule has 0 fully saturated rings. The summed E-state index contributed by atoms with van der Waals surface area (Å²) in [7, 11) is 0. The molecule has 1 aromatic rings. The van der Waals surface area contributed by atoms with Crippen molar-refractivity contribution < 1.29 is 39.3 Å². The second-order valence-corrected chi connectivity index (χ2v) is 9.11. The number of rotatable bonds is 17. The number of aliphatic hydroxyl groups excluding tert-OH is 1. The number of aromatic hydroxyl groups is 1. The van der Waals surface area contributed by atoms with E-state index in [1.807, 2.05) is 0 Å². The highest BCUT2D eigenvalue weighted by Gasteiger charge is 2.31. The molecule has 0 aromatic heterocycles. The summed E-state index contributed by atoms with van der Waals surface area (Å²) in [6.45, 7) is 1.41. The Balaban J connectivity index is 3.09. The van der Waals surface area contributed by atoms with Gasteiger partial charge in [-0.05, 0) is 43.9 Å². The van der Waals surface area contributed by atoms with Crippen molar-refractivity contribution >= 4 is 35.6 Å². The van der Waals surface area contributed by atoms with Gasteiger partial charge in [-0.3, -0.25) is 24.2 Å². The Hall–Kier alpha value is -4.44. The van der Waals surface area contributed by atoms with E-state index >= 15 is 0 Å². The van der Waals surface area contributed by atoms with Crippen LogP contribution in [0.2, 0.25) is 0 Å². The molecular formula is C24H38N8O8. The maximum absolute atomic E-state index is 13.2. The van der Waals surface area contributed by atoms with Crippen molar-refractivity contribution in [2.24, 2.45) is 27.9 Å². The molecule has 0 saturated carbocycles. The summed E-state index contributed by atoms with van der Waals surface area (Å²) in [5, 5.41) is 35.8. The lowest BCUT2D eigenvalue weighted by Crippen LogP contribution is -2.58. The highest BCUT2D eigenvalue weighted by molar-refractivity contribution is 5.94. The number of phenolic OH excluding ortho intramolecular Hbond substituents is 1. The summed E-state index contributed by atoms with van der Waals surface area (Å²) in [6.07, 6.45) is -1.71. The molecule has 14 N–H and O–H groups in total. The Kier molecular flexibility index (Phi) is 13.9. The maximum atomic E-state index is 13.2. The van der Waals surface area contributed by atoms with Gasteiger partial charge in [-0.2, -0.15) is 0 Å². The van der Waals surface area contributed by atoms with Crippen molar-refractivity contribution in [1.82, 2.24) is 16.0 Å². The average Bonchev–Trinajstić information content (AvgIpc) is 2.87. The van der Waals surface area contributed by atoms with Crippen LogP contribution in [0.3, 0.4) is 0 Å². The first-order valence-corrected chi connectivity index (χ1v) is 12.4. The number of guanidine groups is 1. The number of carboxylic acids is 1. The number of carboxylic acid groups (broad SMARTS) is 1. The normalized spacial score (nSPS) is 14.5. The minimum atomic E-state index is -1.41. The summed E-state index contributed by atoms with van der Waals surface area (Å²) in [5.74, 6) is -4.92. The molecule has 0 aliphatic rings. The molecule has 4 amide bonds. The number of phenols is 1. The number of nitrogens with zero attached hydrogens (tertiary/aromatic N) is 1. The largest absolute Gasteiger partial charge is 0.508 e. The predicted molar refractivity (Wildman–Crippen MR) is 143 cm³/mol. The number of aliphatic imine (C=N–C) groups is 1. The van der Waals surface area contributed by atoms with Crippen LogP contribution in [-0.4, -0.2) is 87.7 Å². The zero-order valence-corrected chi connectivity index (χ0v) is 22.1. The molecule has 0 heterocycles. The molecule has 16 heteroatoms. The number of nitrogens with one attached hydrogen (secondary N) is 3. The summed E-state index contributed by atoms with van der Waals surface area (Å²) in [6, 6.07) is 0.275. The molecule has 222 valence electrons. The molecule has 16 nitrogen and oxygen atoms in total. The topological polar surface area (TPSA) is 299 Å². The number of aliphatic carboxylic acids is 1. The van der Waals surface area contributed by atoms with Gasteiger partial charge in [0, 0.05) is 19.4 Å². The predicted octanol–water partition coefficient (Wildman–Crippen LogP) is -3.50. The fraction of sp³-hybridized carbons (Fsp3) is 0.500. The van der Waals surface area contributed by atoms with Crippen LogP contribution < -0.4 is 38.9 Å². The Morgan fingerprint density at radius 1 is 0.875 bits per heavy atom. The van der Waals surface area contributed by atoms with E-state index in [9.17, 15) is 39.3 Å². The Bertz CT molecular complexity index is 1060. The van der Waals surface area contributed by atoms with Crippen LogP contribution in [0.25, 0.3) is 0 Å². The van der Waals surface area contributed by atoms with Gasteiger partial charge in [0.05, 0.1) is 6.10 Å². The highest BCUT2D eigenvalue weighted by Crippen LogP contribution is 2.12. The summed E-state index contributed by atoms with van der Waals surface area (Å²) in [5.41, 5.74) is 21.9. The molecule has 0 spiro atoms. The van der Waals surface area contributed by atoms with E-state index in [4.69, 9.17) is 22.9 Å². The number of carbonyl (C=O) groups excluding carboxylic acids is 4. The lowest BCUT2D eigenvalue weighted by molar-refractivity contribution is -0.142. The third-order valence-corrected chi connectivity index (χ3v) is 5.70. The third-order valence-electron chi connectivity index (χ3n) is 5.70. The van der Waals surface area contributed by atoms with Gasteiger partial charge in [-0.1, -0.05) is 12.1 Å². The van der Waals surface area contributed by atoms with Gasteiger partial charge in [0.25, 0.3) is 0 Å². The van der Waals surface area contributed by atoms with Gasteiger partial charge < -0.3 is 54.2 Å². The molecule has 40 heavy (non-hydrogen) atoms. The van der Waals surface area contributed by atoms with Crippen LogP contribution in [0.15, 0.2) is 29.3 Å². The van der Waals surface area contributed by atoms with E-state index in [1.54, 1.807) is 0 Å². The zero-order valence-electron chi connectivity index (χ0n) is 22.1. The number of hydrogen-bond acceptors (Lipinski definition) is 9. The van der Waals surface area contributed by atoms with Gasteiger partial charge in [0.1, 0.15) is 29.9 Å². The van der Waals surface area contributed by atoms with Crippen molar-refractivity contribution in [3.63, 3.8) is 0 Å². The standard InChI is InChI=1S/C24H38N8O8/c1-12(33)19(26)22(38)31-15(3-2-10-29-24(27)28)20(36)30-16(8-9-18(25)35)21(37)32-17(23(39)40)11-13-4-6-14(34)7-5-13/h4-7,12,15-17,19,33-34H,2-3,8-11,26H2,1H3,(H2,25,35)(H,30,36)(H,31,38)(H,32,37)(H,39,40)(H4,27,28,29). The molecule has 0 bridgehead atoms. The van der Waals surface area contributed by atoms with Crippen LogP contribution >= 0.6 is 0 Å². The third kappa shape index (κ3) is 12.4. The molecular weight excluding hydrogens is 528 g/mol. The minimum absolute atomic E-state index is 0.00362.